The number of hydrogen-bond donors (Lipinski definition) is 1. The number of benzene rings is 2. The van der Waals surface area contributed by atoms with Crippen molar-refractivity contribution in [3.05, 3.63) is 69.2 Å². The highest BCUT2D eigenvalue weighted by molar-refractivity contribution is 7.99. The molecule has 1 amide bonds. The van der Waals surface area contributed by atoms with Gasteiger partial charge in [0.2, 0.25) is 5.91 Å². The summed E-state index contributed by atoms with van der Waals surface area (Å²) in [7, 11) is 3.87. The lowest BCUT2D eigenvalue weighted by Gasteiger charge is -2.43. The molecule has 35 heavy (non-hydrogen) atoms. The number of rotatable bonds is 8. The number of nitrogens with one attached hydrogen (secondary N) is 1. The Morgan fingerprint density at radius 2 is 1.89 bits per heavy atom. The normalized spacial score (nSPS) is 19.1. The molecule has 1 N–H and O–H groups in total. The van der Waals surface area contributed by atoms with E-state index in [-0.39, 0.29) is 16.6 Å². The Morgan fingerprint density at radius 1 is 1.17 bits per heavy atom. The minimum absolute atomic E-state index is 0.0477. The van der Waals surface area contributed by atoms with Crippen LogP contribution in [0.1, 0.15) is 49.8 Å². The van der Waals surface area contributed by atoms with Gasteiger partial charge >= 0.3 is 0 Å². The molecular formula is C28H37Cl2N3OS. The van der Waals surface area contributed by atoms with Crippen LogP contribution in [0, 0.1) is 5.92 Å². The van der Waals surface area contributed by atoms with Gasteiger partial charge in [-0.15, -0.1) is 11.8 Å². The van der Waals surface area contributed by atoms with Crippen LogP contribution in [-0.2, 0) is 20.8 Å². The third-order valence-electron chi connectivity index (χ3n) is 7.86. The van der Waals surface area contributed by atoms with Crippen molar-refractivity contribution in [2.45, 2.75) is 49.1 Å². The molecule has 2 heterocycles. The number of halogens is 2. The van der Waals surface area contributed by atoms with Gasteiger partial charge in [0.25, 0.3) is 0 Å². The topological polar surface area (TPSA) is 35.6 Å². The smallest absolute Gasteiger partial charge is 0.224 e. The van der Waals surface area contributed by atoms with E-state index in [9.17, 15) is 4.79 Å². The van der Waals surface area contributed by atoms with E-state index >= 15 is 0 Å². The van der Waals surface area contributed by atoms with E-state index in [1.165, 1.54) is 18.4 Å². The van der Waals surface area contributed by atoms with Crippen LogP contribution in [0.4, 0.5) is 0 Å². The standard InChI is InChI=1S/C28H37Cl2N3OS/c1-20(2)26(34)32(4)19-27(31-3,22-9-10-24(29)25(30)17-22)11-14-33-15-12-28(13-16-33)23-8-6-5-7-21(23)18-35-28/h5-10,17,20,31H,11-16,18-19H2,1-4H3/t27-/m1/s1. The van der Waals surface area contributed by atoms with Gasteiger partial charge in [0.05, 0.1) is 15.6 Å². The minimum atomic E-state index is -0.419. The van der Waals surface area contributed by atoms with E-state index in [1.807, 2.05) is 51.0 Å². The predicted octanol–water partition coefficient (Wildman–Crippen LogP) is 6.15. The number of piperidine rings is 1. The van der Waals surface area contributed by atoms with Gasteiger partial charge in [-0.25, -0.2) is 0 Å². The number of fused-ring (bicyclic) bond motifs is 2. The monoisotopic (exact) mass is 533 g/mol. The third kappa shape index (κ3) is 5.55. The molecule has 1 saturated heterocycles. The highest BCUT2D eigenvalue weighted by Crippen LogP contribution is 2.53. The maximum atomic E-state index is 12.8. The molecule has 7 heteroatoms. The largest absolute Gasteiger partial charge is 0.343 e. The summed E-state index contributed by atoms with van der Waals surface area (Å²) in [6.07, 6.45) is 3.23. The Hall–Kier alpha value is -1.24. The molecule has 1 spiro atoms. The highest BCUT2D eigenvalue weighted by atomic mass is 35.5. The zero-order chi connectivity index (χ0) is 25.2. The van der Waals surface area contributed by atoms with Gasteiger partial charge in [0, 0.05) is 36.6 Å². The van der Waals surface area contributed by atoms with Crippen molar-refractivity contribution >= 4 is 40.9 Å². The second-order valence-corrected chi connectivity index (χ2v) is 12.5. The number of nitrogens with zero attached hydrogens (tertiary/aromatic N) is 2. The second kappa shape index (κ2) is 11.0. The van der Waals surface area contributed by atoms with Crippen LogP contribution in [-0.4, -0.2) is 56.0 Å². The fraction of sp³-hybridized carbons (Fsp3) is 0.536. The molecule has 1 atom stereocenters. The van der Waals surface area contributed by atoms with Gasteiger partial charge in [-0.05, 0) is 68.2 Å². The minimum Gasteiger partial charge on any atom is -0.343 e. The zero-order valence-corrected chi connectivity index (χ0v) is 23.6. The second-order valence-electron chi connectivity index (χ2n) is 10.3. The molecule has 0 unspecified atom stereocenters. The molecule has 0 radical (unpaired) electrons. The molecular weight excluding hydrogens is 497 g/mol. The summed E-state index contributed by atoms with van der Waals surface area (Å²) < 4.78 is 0.279. The Bertz CT molecular complexity index is 1050. The fourth-order valence-corrected chi connectivity index (χ4v) is 7.47. The number of likely N-dealkylation sites (tertiary alicyclic amines) is 1. The average molecular weight is 535 g/mol. The predicted molar refractivity (Wildman–Crippen MR) is 149 cm³/mol. The molecule has 4 nitrogen and oxygen atoms in total. The van der Waals surface area contributed by atoms with Gasteiger partial charge in [-0.2, -0.15) is 0 Å². The molecule has 0 aliphatic carbocycles. The van der Waals surface area contributed by atoms with Gasteiger partial charge in [-0.3, -0.25) is 4.79 Å². The Kier molecular flexibility index (Phi) is 8.44. The summed E-state index contributed by atoms with van der Waals surface area (Å²) in [6, 6.07) is 14.8. The van der Waals surface area contributed by atoms with Crippen molar-refractivity contribution in [2.75, 3.05) is 40.3 Å². The fourth-order valence-electron chi connectivity index (χ4n) is 5.67. The van der Waals surface area contributed by atoms with Crippen molar-refractivity contribution in [3.63, 3.8) is 0 Å². The molecule has 1 fully saturated rings. The van der Waals surface area contributed by atoms with Crippen molar-refractivity contribution in [1.29, 1.82) is 0 Å². The number of carbonyl (C=O) groups is 1. The molecule has 0 aromatic heterocycles. The summed E-state index contributed by atoms with van der Waals surface area (Å²) in [5.41, 5.74) is 3.71. The van der Waals surface area contributed by atoms with Crippen molar-refractivity contribution < 1.29 is 4.79 Å². The first-order valence-electron chi connectivity index (χ1n) is 12.5. The highest BCUT2D eigenvalue weighted by Gasteiger charge is 2.42. The van der Waals surface area contributed by atoms with E-state index in [2.05, 4.69) is 46.2 Å². The van der Waals surface area contributed by atoms with Crippen molar-refractivity contribution in [3.8, 4) is 0 Å². The molecule has 2 aliphatic heterocycles. The van der Waals surface area contributed by atoms with E-state index in [1.54, 1.807) is 5.56 Å². The molecule has 2 aromatic rings. The zero-order valence-electron chi connectivity index (χ0n) is 21.2. The van der Waals surface area contributed by atoms with Gasteiger partial charge < -0.3 is 15.1 Å². The van der Waals surface area contributed by atoms with E-state index in [0.717, 1.165) is 37.4 Å². The van der Waals surface area contributed by atoms with Crippen LogP contribution >= 0.6 is 35.0 Å². The summed E-state index contributed by atoms with van der Waals surface area (Å²) in [4.78, 5) is 17.2. The van der Waals surface area contributed by atoms with Crippen LogP contribution in [0.5, 0.6) is 0 Å². The van der Waals surface area contributed by atoms with Crippen LogP contribution in [0.2, 0.25) is 10.0 Å². The third-order valence-corrected chi connectivity index (χ3v) is 10.2. The lowest BCUT2D eigenvalue weighted by Crippen LogP contribution is -2.53. The number of thioether (sulfide) groups is 1. The lowest BCUT2D eigenvalue weighted by atomic mass is 9.84. The van der Waals surface area contributed by atoms with Crippen LogP contribution in [0.15, 0.2) is 42.5 Å². The quantitative estimate of drug-likeness (QED) is 0.441. The van der Waals surface area contributed by atoms with Crippen LogP contribution in [0.25, 0.3) is 0 Å². The summed E-state index contributed by atoms with van der Waals surface area (Å²) in [5.74, 6) is 1.22. The summed E-state index contributed by atoms with van der Waals surface area (Å²) in [5, 5.41) is 4.66. The van der Waals surface area contributed by atoms with Gasteiger partial charge in [-0.1, -0.05) is 67.4 Å². The average Bonchev–Trinajstić information content (AvgIpc) is 3.22. The van der Waals surface area contributed by atoms with E-state index in [0.29, 0.717) is 16.6 Å². The molecule has 190 valence electrons. The number of hydrogen-bond acceptors (Lipinski definition) is 4. The van der Waals surface area contributed by atoms with E-state index < -0.39 is 5.54 Å². The van der Waals surface area contributed by atoms with Crippen LogP contribution < -0.4 is 5.32 Å². The summed E-state index contributed by atoms with van der Waals surface area (Å²) in [6.45, 7) is 7.59. The first-order chi connectivity index (χ1) is 16.7. The molecule has 0 saturated carbocycles. The first kappa shape index (κ1) is 26.8. The molecule has 2 aromatic carbocycles. The Labute approximate surface area is 224 Å². The number of amides is 1. The van der Waals surface area contributed by atoms with E-state index in [4.69, 9.17) is 23.2 Å². The number of likely N-dealkylation sites (N-methyl/N-ethyl adjacent to an activating group) is 2. The number of carbonyl (C=O) groups excluding carboxylic acids is 1. The lowest BCUT2D eigenvalue weighted by molar-refractivity contribution is -0.134. The maximum absolute atomic E-state index is 12.8. The van der Waals surface area contributed by atoms with Crippen LogP contribution in [0.3, 0.4) is 0 Å². The maximum Gasteiger partial charge on any atom is 0.224 e. The molecule has 4 rings (SSSR count). The molecule has 2 aliphatic rings. The Balaban J connectivity index is 1.49. The SMILES string of the molecule is CN[C@](CCN1CCC2(CC1)SCc1ccccc12)(CN(C)C(=O)C(C)C)c1ccc(Cl)c(Cl)c1. The van der Waals surface area contributed by atoms with Gasteiger partial charge in [0.1, 0.15) is 0 Å². The molecule has 0 bridgehead atoms. The summed E-state index contributed by atoms with van der Waals surface area (Å²) >= 11 is 14.8. The van der Waals surface area contributed by atoms with Gasteiger partial charge in [0.15, 0.2) is 0 Å². The van der Waals surface area contributed by atoms with Crippen molar-refractivity contribution in [1.82, 2.24) is 15.1 Å². The van der Waals surface area contributed by atoms with Crippen molar-refractivity contribution in [2.24, 2.45) is 5.92 Å². The first-order valence-corrected chi connectivity index (χ1v) is 14.3. The Morgan fingerprint density at radius 3 is 2.54 bits per heavy atom.